The fourth-order valence-electron chi connectivity index (χ4n) is 1.18. The van der Waals surface area contributed by atoms with E-state index in [9.17, 15) is 0 Å². The van der Waals surface area contributed by atoms with Gasteiger partial charge in [-0.2, -0.15) is 0 Å². The Bertz CT molecular complexity index is 254. The molecule has 0 aromatic rings. The van der Waals surface area contributed by atoms with E-state index in [0.29, 0.717) is 0 Å². The van der Waals surface area contributed by atoms with Gasteiger partial charge in [-0.05, 0) is 0 Å². The van der Waals surface area contributed by atoms with Crippen LogP contribution in [0.2, 0.25) is 0 Å². The summed E-state index contributed by atoms with van der Waals surface area (Å²) in [5.41, 5.74) is 1.28. The molecular weight excluding hydrogens is 273 g/mol. The number of allylic oxidation sites excluding steroid dienone is 3. The first-order valence-electron chi connectivity index (χ1n) is 4.35. The number of hydrogen-bond donors (Lipinski definition) is 0. The van der Waals surface area contributed by atoms with Crippen molar-refractivity contribution in [1.82, 2.24) is 0 Å². The van der Waals surface area contributed by atoms with E-state index < -0.39 is 0 Å². The van der Waals surface area contributed by atoms with Crippen LogP contribution in [0.3, 0.4) is 0 Å². The molecule has 0 saturated heterocycles. The molecule has 0 aromatic heterocycles. The van der Waals surface area contributed by atoms with Gasteiger partial charge in [0.1, 0.15) is 0 Å². The van der Waals surface area contributed by atoms with Crippen LogP contribution in [0.25, 0.3) is 0 Å². The normalized spacial score (nSPS) is 18.2. The van der Waals surface area contributed by atoms with E-state index in [1.165, 1.54) is 5.57 Å². The van der Waals surface area contributed by atoms with Gasteiger partial charge in [0.15, 0.2) is 0 Å². The molecule has 0 saturated carbocycles. The number of rotatable bonds is 3. The van der Waals surface area contributed by atoms with Crippen molar-refractivity contribution in [3.63, 3.8) is 0 Å². The summed E-state index contributed by atoms with van der Waals surface area (Å²) in [6.07, 6.45) is 6.63. The van der Waals surface area contributed by atoms with E-state index in [1.54, 1.807) is 0 Å². The topological polar surface area (TPSA) is 9.23 Å². The summed E-state index contributed by atoms with van der Waals surface area (Å²) < 4.78 is 7.79. The van der Waals surface area contributed by atoms with E-state index in [1.807, 2.05) is 13.8 Å². The minimum absolute atomic E-state index is 0.139. The van der Waals surface area contributed by atoms with Gasteiger partial charge in [-0.25, -0.2) is 0 Å². The van der Waals surface area contributed by atoms with Crippen molar-refractivity contribution in [1.29, 1.82) is 0 Å². The van der Waals surface area contributed by atoms with E-state index in [2.05, 4.69) is 16.8 Å². The quantitative estimate of drug-likeness (QED) is 0.725. The zero-order chi connectivity index (χ0) is 9.68. The van der Waals surface area contributed by atoms with Crippen molar-refractivity contribution in [2.75, 3.05) is 0 Å². The summed E-state index contributed by atoms with van der Waals surface area (Å²) in [6.45, 7) is 4.09. The summed E-state index contributed by atoms with van der Waals surface area (Å²) >= 11 is -0.139. The van der Waals surface area contributed by atoms with Crippen LogP contribution in [0.4, 0.5) is 0 Å². The summed E-state index contributed by atoms with van der Waals surface area (Å²) in [6, 6.07) is 0. The zero-order valence-electron chi connectivity index (χ0n) is 7.86. The molecule has 0 fully saturated rings. The molecule has 0 amide bonds. The fraction of sp³-hybridized carbons (Fsp3) is 0.500. The van der Waals surface area contributed by atoms with Crippen LogP contribution in [-0.4, -0.2) is 10.7 Å². The first-order valence-corrected chi connectivity index (χ1v) is 7.60. The number of hydrogen-bond acceptors (Lipinski definition) is 1. The number of ether oxygens (including phenoxy) is 1. The molecule has 0 N–H and O–H groups in total. The summed E-state index contributed by atoms with van der Waals surface area (Å²) in [5, 5.41) is 0. The molecule has 1 aliphatic carbocycles. The monoisotopic (exact) mass is 287 g/mol. The van der Waals surface area contributed by atoms with E-state index in [0.717, 1.165) is 18.6 Å². The molecule has 0 radical (unpaired) electrons. The first-order chi connectivity index (χ1) is 6.24. The molecule has 13 heavy (non-hydrogen) atoms. The minimum atomic E-state index is -0.139. The molecule has 1 rings (SSSR count). The third-order valence-electron chi connectivity index (χ3n) is 1.69. The van der Waals surface area contributed by atoms with Gasteiger partial charge in [0.25, 0.3) is 0 Å². The van der Waals surface area contributed by atoms with Crippen LogP contribution in [0.5, 0.6) is 0 Å². The van der Waals surface area contributed by atoms with Gasteiger partial charge in [0, 0.05) is 0 Å². The predicted octanol–water partition coefficient (Wildman–Crippen LogP) is 3.05. The van der Waals surface area contributed by atoms with Crippen LogP contribution in [-0.2, 0) is 20.4 Å². The predicted molar refractivity (Wildman–Crippen MR) is 53.5 cm³/mol. The molecule has 75 valence electrons. The molecule has 0 bridgehead atoms. The molecular formula is C10H14ClORu. The van der Waals surface area contributed by atoms with E-state index in [-0.39, 0.29) is 21.8 Å². The standard InChI is InChI=1S/C10H14O.ClH.Ru/c1-8(2)11-10-7-5-4-6-9(10)3;;/h3,5,7-8H,4,6H2,1-2H3;1H;/q;;+1/p-1. The Kier molecular flexibility index (Phi) is 4.90. The molecule has 1 nitrogen and oxygen atoms in total. The molecule has 3 heteroatoms. The second-order valence-electron chi connectivity index (χ2n) is 3.18. The Balaban J connectivity index is 2.78. The average Bonchev–Trinajstić information content (AvgIpc) is 2.08. The van der Waals surface area contributed by atoms with Crippen molar-refractivity contribution in [3.8, 4) is 0 Å². The summed E-state index contributed by atoms with van der Waals surface area (Å²) in [4.78, 5) is 0. The van der Waals surface area contributed by atoms with Gasteiger partial charge in [0.2, 0.25) is 0 Å². The first kappa shape index (κ1) is 11.1. The molecule has 0 atom stereocenters. The van der Waals surface area contributed by atoms with Crippen LogP contribution >= 0.6 is 9.69 Å². The molecule has 0 heterocycles. The van der Waals surface area contributed by atoms with Gasteiger partial charge in [-0.15, -0.1) is 0 Å². The van der Waals surface area contributed by atoms with Gasteiger partial charge >= 0.3 is 91.0 Å². The molecule has 0 aliphatic heterocycles. The van der Waals surface area contributed by atoms with Gasteiger partial charge < -0.3 is 0 Å². The SMILES string of the molecule is CC(C)OC1=C([CH]=[Ru][Cl])CCC=C1. The van der Waals surface area contributed by atoms with Crippen molar-refractivity contribution >= 4 is 14.3 Å². The molecule has 1 aliphatic rings. The van der Waals surface area contributed by atoms with Crippen LogP contribution in [0.1, 0.15) is 26.7 Å². The Morgan fingerprint density at radius 1 is 1.62 bits per heavy atom. The Labute approximate surface area is 91.0 Å². The van der Waals surface area contributed by atoms with Gasteiger partial charge in [0.05, 0.1) is 0 Å². The second kappa shape index (κ2) is 5.72. The summed E-state index contributed by atoms with van der Waals surface area (Å²) in [7, 11) is 5.76. The van der Waals surface area contributed by atoms with Crippen molar-refractivity contribution < 1.29 is 20.4 Å². The Morgan fingerprint density at radius 2 is 2.38 bits per heavy atom. The third kappa shape index (κ3) is 3.74. The van der Waals surface area contributed by atoms with Crippen LogP contribution < -0.4 is 0 Å². The van der Waals surface area contributed by atoms with E-state index in [4.69, 9.17) is 14.4 Å². The third-order valence-corrected chi connectivity index (χ3v) is 2.94. The molecule has 0 aromatic carbocycles. The Hall–Kier alpha value is 0.0634. The van der Waals surface area contributed by atoms with Crippen molar-refractivity contribution in [3.05, 3.63) is 23.5 Å². The number of halogens is 1. The van der Waals surface area contributed by atoms with Crippen LogP contribution in [0, 0.1) is 0 Å². The molecule has 0 spiro atoms. The Morgan fingerprint density at radius 3 is 3.00 bits per heavy atom. The zero-order valence-corrected chi connectivity index (χ0v) is 10.4. The maximum atomic E-state index is 5.76. The maximum absolute atomic E-state index is 5.76. The van der Waals surface area contributed by atoms with Crippen LogP contribution in [0.15, 0.2) is 23.5 Å². The second-order valence-corrected chi connectivity index (χ2v) is 4.97. The van der Waals surface area contributed by atoms with E-state index >= 15 is 0 Å². The summed E-state index contributed by atoms with van der Waals surface area (Å²) in [5.74, 6) is 1.01. The van der Waals surface area contributed by atoms with Gasteiger partial charge in [-0.1, -0.05) is 0 Å². The van der Waals surface area contributed by atoms with Crippen molar-refractivity contribution in [2.24, 2.45) is 0 Å². The fourth-order valence-corrected chi connectivity index (χ4v) is 2.45. The van der Waals surface area contributed by atoms with Crippen molar-refractivity contribution in [2.45, 2.75) is 32.8 Å². The van der Waals surface area contributed by atoms with Gasteiger partial charge in [-0.3, -0.25) is 0 Å². The molecule has 0 unspecified atom stereocenters. The average molecular weight is 287 g/mol.